The van der Waals surface area contributed by atoms with Gasteiger partial charge in [-0.25, -0.2) is 4.79 Å². The number of para-hydroxylation sites is 1. The first-order valence-corrected chi connectivity index (χ1v) is 12.2. The first-order chi connectivity index (χ1) is 18.3. The number of aromatic amines is 1. The van der Waals surface area contributed by atoms with Crippen molar-refractivity contribution >= 4 is 46.5 Å². The van der Waals surface area contributed by atoms with Crippen molar-refractivity contribution in [2.75, 3.05) is 0 Å². The van der Waals surface area contributed by atoms with Crippen LogP contribution in [0.5, 0.6) is 0 Å². The summed E-state index contributed by atoms with van der Waals surface area (Å²) in [5, 5.41) is 35.5. The zero-order valence-electron chi connectivity index (χ0n) is 21.5. The predicted octanol–water partition coefficient (Wildman–Crippen LogP) is -0.428. The number of aromatic nitrogens is 1. The second-order valence-electron chi connectivity index (χ2n) is 9.52. The van der Waals surface area contributed by atoms with Crippen LogP contribution in [0.15, 0.2) is 30.5 Å². The standard InChI is InChI=1S/C25H33N5O9/c1-12(2)7-15(26)22(35)28-17(9-20(31)32)23(36)29-18(10-21(33)34)24(37)30-19(25(38)39)8-13-11-27-16-6-4-3-5-14(13)16/h3-6,11-12,15,17-19,27H,7-10,26H2,1-2H3,(H,28,35)(H,29,36)(H,30,37)(H,31,32)(H,33,34)(H,38,39). The highest BCUT2D eigenvalue weighted by Gasteiger charge is 2.33. The van der Waals surface area contributed by atoms with Crippen molar-refractivity contribution in [3.8, 4) is 0 Å². The van der Waals surface area contributed by atoms with Crippen LogP contribution in [0.25, 0.3) is 10.9 Å². The van der Waals surface area contributed by atoms with E-state index in [4.69, 9.17) is 5.73 Å². The van der Waals surface area contributed by atoms with E-state index in [1.54, 1.807) is 30.5 Å². The first-order valence-electron chi connectivity index (χ1n) is 12.2. The van der Waals surface area contributed by atoms with Gasteiger partial charge in [0.05, 0.1) is 18.9 Å². The molecule has 4 unspecified atom stereocenters. The summed E-state index contributed by atoms with van der Waals surface area (Å²) in [4.78, 5) is 75.8. The van der Waals surface area contributed by atoms with E-state index in [9.17, 15) is 44.1 Å². The van der Waals surface area contributed by atoms with E-state index in [-0.39, 0.29) is 18.8 Å². The Bertz CT molecular complexity index is 1230. The molecule has 1 heterocycles. The number of amides is 3. The molecule has 0 saturated heterocycles. The molecule has 39 heavy (non-hydrogen) atoms. The number of nitrogens with two attached hydrogens (primary N) is 1. The molecule has 2 aromatic rings. The Balaban J connectivity index is 2.19. The molecule has 2 rings (SSSR count). The minimum absolute atomic E-state index is 0.0348. The van der Waals surface area contributed by atoms with Crippen LogP contribution in [0, 0.1) is 5.92 Å². The monoisotopic (exact) mass is 547 g/mol. The van der Waals surface area contributed by atoms with Gasteiger partial charge in [0.15, 0.2) is 0 Å². The van der Waals surface area contributed by atoms with Crippen LogP contribution >= 0.6 is 0 Å². The molecule has 0 bridgehead atoms. The van der Waals surface area contributed by atoms with E-state index in [1.807, 2.05) is 13.8 Å². The zero-order chi connectivity index (χ0) is 29.3. The van der Waals surface area contributed by atoms with Crippen molar-refractivity contribution in [3.05, 3.63) is 36.0 Å². The molecule has 0 saturated carbocycles. The lowest BCUT2D eigenvalue weighted by atomic mass is 10.0. The Morgan fingerprint density at radius 2 is 1.33 bits per heavy atom. The van der Waals surface area contributed by atoms with Crippen molar-refractivity contribution in [1.82, 2.24) is 20.9 Å². The summed E-state index contributed by atoms with van der Waals surface area (Å²) in [6.07, 6.45) is -0.107. The summed E-state index contributed by atoms with van der Waals surface area (Å²) in [6, 6.07) is 1.15. The number of carbonyl (C=O) groups excluding carboxylic acids is 3. The fraction of sp³-hybridized carbons (Fsp3) is 0.440. The fourth-order valence-electron chi connectivity index (χ4n) is 3.93. The van der Waals surface area contributed by atoms with Crippen molar-refractivity contribution in [3.63, 3.8) is 0 Å². The Morgan fingerprint density at radius 1 is 0.821 bits per heavy atom. The summed E-state index contributed by atoms with van der Waals surface area (Å²) < 4.78 is 0. The number of benzene rings is 1. The average Bonchev–Trinajstić information content (AvgIpc) is 3.24. The lowest BCUT2D eigenvalue weighted by molar-refractivity contribution is -0.145. The number of hydrogen-bond donors (Lipinski definition) is 8. The number of fused-ring (bicyclic) bond motifs is 1. The second kappa shape index (κ2) is 13.9. The normalized spacial score (nSPS) is 14.2. The molecule has 1 aromatic heterocycles. The SMILES string of the molecule is CC(C)CC(N)C(=O)NC(CC(=O)O)C(=O)NC(CC(=O)O)C(=O)NC(Cc1c[nH]c2ccccc12)C(=O)O. The molecule has 1 aromatic carbocycles. The number of hydrogen-bond acceptors (Lipinski definition) is 7. The number of H-pyrrole nitrogens is 1. The van der Waals surface area contributed by atoms with E-state index in [2.05, 4.69) is 20.9 Å². The van der Waals surface area contributed by atoms with Crippen molar-refractivity contribution < 1.29 is 44.1 Å². The van der Waals surface area contributed by atoms with Crippen LogP contribution in [-0.2, 0) is 35.2 Å². The molecule has 0 aliphatic carbocycles. The summed E-state index contributed by atoms with van der Waals surface area (Å²) in [5.74, 6) is -7.36. The van der Waals surface area contributed by atoms with Crippen LogP contribution in [0.3, 0.4) is 0 Å². The van der Waals surface area contributed by atoms with Gasteiger partial charge in [-0.05, 0) is 24.0 Å². The van der Waals surface area contributed by atoms with E-state index in [0.29, 0.717) is 5.56 Å². The van der Waals surface area contributed by atoms with Gasteiger partial charge in [0, 0.05) is 23.5 Å². The van der Waals surface area contributed by atoms with Crippen LogP contribution in [0.1, 0.15) is 38.7 Å². The zero-order valence-corrected chi connectivity index (χ0v) is 21.5. The third-order valence-electron chi connectivity index (χ3n) is 5.80. The maximum Gasteiger partial charge on any atom is 0.326 e. The van der Waals surface area contributed by atoms with Gasteiger partial charge in [-0.3, -0.25) is 24.0 Å². The fourth-order valence-corrected chi connectivity index (χ4v) is 3.93. The minimum Gasteiger partial charge on any atom is -0.481 e. The first kappa shape index (κ1) is 30.8. The maximum atomic E-state index is 12.9. The number of carboxylic acids is 3. The maximum absolute atomic E-state index is 12.9. The predicted molar refractivity (Wildman–Crippen MR) is 137 cm³/mol. The number of rotatable bonds is 15. The van der Waals surface area contributed by atoms with Crippen molar-refractivity contribution in [2.24, 2.45) is 11.7 Å². The highest BCUT2D eigenvalue weighted by Crippen LogP contribution is 2.19. The number of aliphatic carboxylic acids is 3. The molecule has 14 nitrogen and oxygen atoms in total. The highest BCUT2D eigenvalue weighted by molar-refractivity contribution is 5.97. The summed E-state index contributed by atoms with van der Waals surface area (Å²) >= 11 is 0. The number of carboxylic acid groups (broad SMARTS) is 3. The summed E-state index contributed by atoms with van der Waals surface area (Å²) in [7, 11) is 0. The largest absolute Gasteiger partial charge is 0.481 e. The van der Waals surface area contributed by atoms with Gasteiger partial charge in [-0.2, -0.15) is 0 Å². The lowest BCUT2D eigenvalue weighted by Crippen LogP contribution is -2.58. The topological polar surface area (TPSA) is 241 Å². The Hall–Kier alpha value is -4.46. The molecule has 9 N–H and O–H groups in total. The van der Waals surface area contributed by atoms with Crippen LogP contribution < -0.4 is 21.7 Å². The third-order valence-corrected chi connectivity index (χ3v) is 5.80. The van der Waals surface area contributed by atoms with Gasteiger partial charge in [0.2, 0.25) is 17.7 Å². The highest BCUT2D eigenvalue weighted by atomic mass is 16.4. The van der Waals surface area contributed by atoms with Gasteiger partial charge in [-0.15, -0.1) is 0 Å². The Morgan fingerprint density at radius 3 is 1.85 bits per heavy atom. The number of nitrogens with one attached hydrogen (secondary N) is 4. The van der Waals surface area contributed by atoms with E-state index in [0.717, 1.165) is 10.9 Å². The van der Waals surface area contributed by atoms with Crippen molar-refractivity contribution in [2.45, 2.75) is 63.7 Å². The molecule has 0 spiro atoms. The number of carbonyl (C=O) groups is 6. The molecular formula is C25H33N5O9. The van der Waals surface area contributed by atoms with E-state index < -0.39 is 72.6 Å². The van der Waals surface area contributed by atoms with Gasteiger partial charge in [-0.1, -0.05) is 32.0 Å². The third kappa shape index (κ3) is 9.41. The smallest absolute Gasteiger partial charge is 0.326 e. The molecule has 0 fully saturated rings. The van der Waals surface area contributed by atoms with Crippen LogP contribution in [-0.4, -0.2) is 80.1 Å². The van der Waals surface area contributed by atoms with E-state index >= 15 is 0 Å². The molecule has 0 aliphatic rings. The van der Waals surface area contributed by atoms with E-state index in [1.165, 1.54) is 0 Å². The lowest BCUT2D eigenvalue weighted by Gasteiger charge is -2.24. The molecule has 3 amide bonds. The molecule has 4 atom stereocenters. The Labute approximate surface area is 223 Å². The molecule has 14 heteroatoms. The Kier molecular flexibility index (Phi) is 11.0. The molecule has 0 radical (unpaired) electrons. The average molecular weight is 548 g/mol. The van der Waals surface area contributed by atoms with Gasteiger partial charge in [0.1, 0.15) is 18.1 Å². The molecular weight excluding hydrogens is 514 g/mol. The molecule has 0 aliphatic heterocycles. The summed E-state index contributed by atoms with van der Waals surface area (Å²) in [5.41, 5.74) is 7.13. The molecule has 212 valence electrons. The summed E-state index contributed by atoms with van der Waals surface area (Å²) in [6.45, 7) is 3.62. The van der Waals surface area contributed by atoms with Gasteiger partial charge >= 0.3 is 17.9 Å². The second-order valence-corrected chi connectivity index (χ2v) is 9.52. The van der Waals surface area contributed by atoms with Crippen molar-refractivity contribution in [1.29, 1.82) is 0 Å². The van der Waals surface area contributed by atoms with Gasteiger partial charge < -0.3 is 42.0 Å². The van der Waals surface area contributed by atoms with Gasteiger partial charge in [0.25, 0.3) is 0 Å². The van der Waals surface area contributed by atoms with Crippen LogP contribution in [0.4, 0.5) is 0 Å². The quantitative estimate of drug-likeness (QED) is 0.143. The minimum atomic E-state index is -1.77. The van der Waals surface area contributed by atoms with Crippen LogP contribution in [0.2, 0.25) is 0 Å².